The number of ether oxygens (including phenoxy) is 2. The molecule has 0 saturated carbocycles. The lowest BCUT2D eigenvalue weighted by Gasteiger charge is -2.11. The predicted molar refractivity (Wildman–Crippen MR) is 108 cm³/mol. The number of benzene rings is 2. The number of nitrogens with one attached hydrogen (secondary N) is 1. The van der Waals surface area contributed by atoms with Gasteiger partial charge < -0.3 is 14.8 Å². The van der Waals surface area contributed by atoms with Crippen LogP contribution < -0.4 is 14.8 Å². The molecular formula is C21H23NO5S. The monoisotopic (exact) mass is 401 g/mol. The fourth-order valence-corrected chi connectivity index (χ4v) is 4.65. The standard InChI is InChI=1S/C21H23NO5S/c1-26-20-13-16(7-9-19(20)27-14-17-5-3-2-4-6-17)8-10-21(23)22-18-11-12-28(24,25)15-18/h2-10,13,18H,11-12,14-15H2,1H3,(H,22,23)/b10-8+/t18-/m1/s1. The average molecular weight is 401 g/mol. The van der Waals surface area contributed by atoms with Crippen molar-refractivity contribution in [3.63, 3.8) is 0 Å². The number of hydrogen-bond acceptors (Lipinski definition) is 5. The molecule has 0 aliphatic carbocycles. The van der Waals surface area contributed by atoms with Gasteiger partial charge in [0.15, 0.2) is 21.3 Å². The maximum absolute atomic E-state index is 12.0. The minimum Gasteiger partial charge on any atom is -0.493 e. The number of carbonyl (C=O) groups is 1. The number of sulfone groups is 1. The van der Waals surface area contributed by atoms with Gasteiger partial charge in [-0.15, -0.1) is 0 Å². The van der Waals surface area contributed by atoms with E-state index >= 15 is 0 Å². The van der Waals surface area contributed by atoms with Gasteiger partial charge >= 0.3 is 0 Å². The molecule has 0 radical (unpaired) electrons. The first kappa shape index (κ1) is 19.9. The molecule has 6 nitrogen and oxygen atoms in total. The molecular weight excluding hydrogens is 378 g/mol. The smallest absolute Gasteiger partial charge is 0.244 e. The van der Waals surface area contributed by atoms with E-state index in [1.54, 1.807) is 25.3 Å². The van der Waals surface area contributed by atoms with E-state index in [-0.39, 0.29) is 23.5 Å². The van der Waals surface area contributed by atoms with E-state index < -0.39 is 9.84 Å². The van der Waals surface area contributed by atoms with Gasteiger partial charge in [0, 0.05) is 12.1 Å². The van der Waals surface area contributed by atoms with Crippen LogP contribution >= 0.6 is 0 Å². The molecule has 1 fully saturated rings. The van der Waals surface area contributed by atoms with Crippen LogP contribution in [-0.4, -0.2) is 39.0 Å². The number of hydrogen-bond donors (Lipinski definition) is 1. The minimum atomic E-state index is -3.02. The molecule has 2 aromatic rings. The molecule has 3 rings (SSSR count). The van der Waals surface area contributed by atoms with E-state index in [9.17, 15) is 13.2 Å². The van der Waals surface area contributed by atoms with Crippen LogP contribution in [0.25, 0.3) is 6.08 Å². The summed E-state index contributed by atoms with van der Waals surface area (Å²) in [5.41, 5.74) is 1.83. The summed E-state index contributed by atoms with van der Waals surface area (Å²) in [4.78, 5) is 12.0. The molecule has 0 unspecified atom stereocenters. The number of amides is 1. The molecule has 1 heterocycles. The second-order valence-corrected chi connectivity index (χ2v) is 8.86. The fourth-order valence-electron chi connectivity index (χ4n) is 2.97. The van der Waals surface area contributed by atoms with E-state index in [1.165, 1.54) is 6.08 Å². The van der Waals surface area contributed by atoms with Crippen LogP contribution in [0.2, 0.25) is 0 Å². The van der Waals surface area contributed by atoms with Crippen molar-refractivity contribution in [2.24, 2.45) is 0 Å². The van der Waals surface area contributed by atoms with E-state index in [0.717, 1.165) is 11.1 Å². The van der Waals surface area contributed by atoms with Crippen LogP contribution in [0.5, 0.6) is 11.5 Å². The van der Waals surface area contributed by atoms with E-state index in [0.29, 0.717) is 24.5 Å². The van der Waals surface area contributed by atoms with Crippen molar-refractivity contribution in [2.75, 3.05) is 18.6 Å². The van der Waals surface area contributed by atoms with Gasteiger partial charge in [-0.3, -0.25) is 4.79 Å². The highest BCUT2D eigenvalue weighted by Gasteiger charge is 2.28. The molecule has 148 valence electrons. The lowest BCUT2D eigenvalue weighted by atomic mass is 10.1. The first-order valence-electron chi connectivity index (χ1n) is 8.99. The molecule has 1 saturated heterocycles. The predicted octanol–water partition coefficient (Wildman–Crippen LogP) is 2.59. The molecule has 0 spiro atoms. The van der Waals surface area contributed by atoms with Crippen LogP contribution in [0.4, 0.5) is 0 Å². The molecule has 28 heavy (non-hydrogen) atoms. The quantitative estimate of drug-likeness (QED) is 0.721. The highest BCUT2D eigenvalue weighted by Crippen LogP contribution is 2.29. The zero-order valence-corrected chi connectivity index (χ0v) is 16.4. The Morgan fingerprint density at radius 2 is 1.96 bits per heavy atom. The zero-order valence-electron chi connectivity index (χ0n) is 15.6. The van der Waals surface area contributed by atoms with Crippen molar-refractivity contribution in [2.45, 2.75) is 19.1 Å². The molecule has 1 amide bonds. The lowest BCUT2D eigenvalue weighted by molar-refractivity contribution is -0.116. The van der Waals surface area contributed by atoms with E-state index in [2.05, 4.69) is 5.32 Å². The van der Waals surface area contributed by atoms with Gasteiger partial charge in [-0.2, -0.15) is 0 Å². The molecule has 2 aromatic carbocycles. The third-order valence-corrected chi connectivity index (χ3v) is 6.20. The van der Waals surface area contributed by atoms with Crippen LogP contribution in [0.3, 0.4) is 0 Å². The van der Waals surface area contributed by atoms with E-state index in [1.807, 2.05) is 36.4 Å². The average Bonchev–Trinajstić information content (AvgIpc) is 3.04. The van der Waals surface area contributed by atoms with Crippen molar-refractivity contribution in [1.29, 1.82) is 0 Å². The van der Waals surface area contributed by atoms with Crippen LogP contribution in [0, 0.1) is 0 Å². The molecule has 1 aliphatic rings. The van der Waals surface area contributed by atoms with Gasteiger partial charge in [-0.05, 0) is 35.8 Å². The molecule has 1 aliphatic heterocycles. The van der Waals surface area contributed by atoms with Gasteiger partial charge in [0.1, 0.15) is 6.61 Å². The summed E-state index contributed by atoms with van der Waals surface area (Å²) in [7, 11) is -1.46. The number of carbonyl (C=O) groups excluding carboxylic acids is 1. The third kappa shape index (κ3) is 5.60. The Balaban J connectivity index is 1.59. The normalized spacial score (nSPS) is 18.1. The molecule has 0 aromatic heterocycles. The highest BCUT2D eigenvalue weighted by atomic mass is 32.2. The summed E-state index contributed by atoms with van der Waals surface area (Å²) in [6, 6.07) is 14.9. The SMILES string of the molecule is COc1cc(/C=C/C(=O)N[C@@H]2CCS(=O)(=O)C2)ccc1OCc1ccccc1. The first-order valence-corrected chi connectivity index (χ1v) is 10.8. The largest absolute Gasteiger partial charge is 0.493 e. The summed E-state index contributed by atoms with van der Waals surface area (Å²) in [5, 5.41) is 2.72. The lowest BCUT2D eigenvalue weighted by Crippen LogP contribution is -2.34. The van der Waals surface area contributed by atoms with E-state index in [4.69, 9.17) is 9.47 Å². The van der Waals surface area contributed by atoms with Gasteiger partial charge in [-0.25, -0.2) is 8.42 Å². The summed E-state index contributed by atoms with van der Waals surface area (Å²) >= 11 is 0. The Bertz CT molecular complexity index is 954. The second kappa shape index (κ2) is 8.93. The third-order valence-electron chi connectivity index (χ3n) is 4.43. The Hall–Kier alpha value is -2.80. The highest BCUT2D eigenvalue weighted by molar-refractivity contribution is 7.91. The van der Waals surface area contributed by atoms with Crippen molar-refractivity contribution < 1.29 is 22.7 Å². The Kier molecular flexibility index (Phi) is 6.36. The van der Waals surface area contributed by atoms with Gasteiger partial charge in [0.2, 0.25) is 5.91 Å². The Morgan fingerprint density at radius 3 is 2.64 bits per heavy atom. The number of methoxy groups -OCH3 is 1. The summed E-state index contributed by atoms with van der Waals surface area (Å²) in [5.74, 6) is 1.01. The summed E-state index contributed by atoms with van der Waals surface area (Å²) in [6.45, 7) is 0.430. The Labute approximate surface area is 165 Å². The molecule has 1 atom stereocenters. The molecule has 1 N–H and O–H groups in total. The van der Waals surface area contributed by atoms with Gasteiger partial charge in [-0.1, -0.05) is 36.4 Å². The van der Waals surface area contributed by atoms with Crippen LogP contribution in [0.15, 0.2) is 54.6 Å². The summed E-state index contributed by atoms with van der Waals surface area (Å²) < 4.78 is 34.1. The van der Waals surface area contributed by atoms with Gasteiger partial charge in [0.25, 0.3) is 0 Å². The summed E-state index contributed by atoms with van der Waals surface area (Å²) in [6.07, 6.45) is 3.51. The second-order valence-electron chi connectivity index (χ2n) is 6.63. The minimum absolute atomic E-state index is 0.00779. The first-order chi connectivity index (χ1) is 13.4. The topological polar surface area (TPSA) is 81.7 Å². The van der Waals surface area contributed by atoms with Crippen molar-refractivity contribution >= 4 is 21.8 Å². The molecule has 0 bridgehead atoms. The number of rotatable bonds is 7. The fraction of sp³-hybridized carbons (Fsp3) is 0.286. The van der Waals surface area contributed by atoms with Crippen LogP contribution in [0.1, 0.15) is 17.5 Å². The van der Waals surface area contributed by atoms with Crippen LogP contribution in [-0.2, 0) is 21.2 Å². The van der Waals surface area contributed by atoms with Gasteiger partial charge in [0.05, 0.1) is 18.6 Å². The Morgan fingerprint density at radius 1 is 1.18 bits per heavy atom. The van der Waals surface area contributed by atoms with Crippen molar-refractivity contribution in [3.8, 4) is 11.5 Å². The molecule has 7 heteroatoms. The maximum atomic E-state index is 12.0. The maximum Gasteiger partial charge on any atom is 0.244 e. The zero-order chi connectivity index (χ0) is 20.0. The van der Waals surface area contributed by atoms with Crippen molar-refractivity contribution in [1.82, 2.24) is 5.32 Å². The van der Waals surface area contributed by atoms with Crippen molar-refractivity contribution in [3.05, 3.63) is 65.7 Å².